The fourth-order valence-corrected chi connectivity index (χ4v) is 5.42. The zero-order chi connectivity index (χ0) is 26.3. The molecule has 2 bridgehead atoms. The highest BCUT2D eigenvalue weighted by Crippen LogP contribution is 2.35. The van der Waals surface area contributed by atoms with Crippen LogP contribution in [0.15, 0.2) is 65.7 Å². The molecular weight excluding hydrogens is 492 g/mol. The molecule has 0 spiro atoms. The summed E-state index contributed by atoms with van der Waals surface area (Å²) in [5.41, 5.74) is 4.69. The second-order valence-corrected chi connectivity index (χ2v) is 10.2. The smallest absolute Gasteiger partial charge is 0.244 e. The van der Waals surface area contributed by atoms with E-state index in [9.17, 15) is 0 Å². The molecule has 0 amide bonds. The molecule has 0 aromatic carbocycles. The number of aromatic amines is 1. The van der Waals surface area contributed by atoms with E-state index in [1.807, 2.05) is 44.4 Å². The normalized spacial score (nSPS) is 18.7. The number of piperazine rings is 1. The highest BCUT2D eigenvalue weighted by molar-refractivity contribution is 5.61. The van der Waals surface area contributed by atoms with Crippen molar-refractivity contribution in [3.05, 3.63) is 78.2 Å². The molecule has 5 aromatic heterocycles. The van der Waals surface area contributed by atoms with E-state index in [-0.39, 0.29) is 0 Å². The number of oxazole rings is 1. The first-order chi connectivity index (χ1) is 19.1. The fourth-order valence-electron chi connectivity index (χ4n) is 5.42. The molecule has 39 heavy (non-hydrogen) atoms. The number of anilines is 3. The summed E-state index contributed by atoms with van der Waals surface area (Å²) in [6, 6.07) is 13.1. The second-order valence-electron chi connectivity index (χ2n) is 10.2. The van der Waals surface area contributed by atoms with Crippen molar-refractivity contribution in [2.75, 3.05) is 23.3 Å². The molecule has 3 fully saturated rings. The maximum Gasteiger partial charge on any atom is 0.244 e. The Morgan fingerprint density at radius 3 is 2.56 bits per heavy atom. The summed E-state index contributed by atoms with van der Waals surface area (Å²) in [6.45, 7) is 6.74. The van der Waals surface area contributed by atoms with Crippen molar-refractivity contribution in [2.45, 2.75) is 38.9 Å². The van der Waals surface area contributed by atoms with Crippen LogP contribution in [0.3, 0.4) is 0 Å². The Bertz CT molecular complexity index is 1570. The summed E-state index contributed by atoms with van der Waals surface area (Å²) in [4.78, 5) is 27.8. The third kappa shape index (κ3) is 4.72. The quantitative estimate of drug-likeness (QED) is 0.323. The third-order valence-electron chi connectivity index (χ3n) is 7.33. The van der Waals surface area contributed by atoms with Crippen LogP contribution in [0.25, 0.3) is 23.0 Å². The number of aromatic nitrogens is 7. The van der Waals surface area contributed by atoms with Crippen molar-refractivity contribution < 1.29 is 4.42 Å². The Morgan fingerprint density at radius 1 is 0.974 bits per heavy atom. The van der Waals surface area contributed by atoms with Gasteiger partial charge in [0.2, 0.25) is 5.89 Å². The van der Waals surface area contributed by atoms with Crippen LogP contribution < -0.4 is 10.2 Å². The maximum atomic E-state index is 5.34. The van der Waals surface area contributed by atoms with Crippen LogP contribution in [0.1, 0.15) is 23.4 Å². The van der Waals surface area contributed by atoms with Gasteiger partial charge in [-0.3, -0.25) is 15.0 Å². The van der Waals surface area contributed by atoms with Crippen LogP contribution in [0, 0.1) is 13.8 Å². The highest BCUT2D eigenvalue weighted by atomic mass is 16.3. The molecule has 8 rings (SSSR count). The molecule has 196 valence electrons. The fraction of sp³-hybridized carbons (Fsp3) is 0.286. The molecule has 8 heterocycles. The lowest BCUT2D eigenvalue weighted by Gasteiger charge is -2.56. The molecule has 2 N–H and O–H groups in total. The third-order valence-corrected chi connectivity index (χ3v) is 7.33. The van der Waals surface area contributed by atoms with Gasteiger partial charge in [0.15, 0.2) is 11.6 Å². The maximum absolute atomic E-state index is 5.34. The van der Waals surface area contributed by atoms with Gasteiger partial charge >= 0.3 is 0 Å². The Kier molecular flexibility index (Phi) is 5.77. The number of rotatable bonds is 7. The minimum absolute atomic E-state index is 0.510. The number of hydrogen-bond acceptors (Lipinski definition) is 10. The van der Waals surface area contributed by atoms with E-state index >= 15 is 0 Å². The minimum atomic E-state index is 0.510. The van der Waals surface area contributed by atoms with Crippen LogP contribution in [-0.4, -0.2) is 65.2 Å². The summed E-state index contributed by atoms with van der Waals surface area (Å²) < 4.78 is 5.34. The SMILES string of the molecule is Cc1cc(Nc2cc(C)[nH]n2)nc(-c2ccc(N3CC4CC(C3)N4Cc3ccc(-c4ncco4)nc3)nc2)n1. The molecule has 0 aliphatic carbocycles. The van der Waals surface area contributed by atoms with E-state index in [4.69, 9.17) is 9.40 Å². The standard InChI is InChI=1S/C28H28N10O/c1-17-9-24(33-25-10-18(2)35-36-25)34-27(32-17)20-4-6-26(31-13-20)37-15-21-11-22(16-37)38(21)14-19-3-5-23(30-12-19)28-29-7-8-39-28/h3-10,12-13,21-22H,11,14-16H2,1-2H3,(H2,32,33,34,35,36). The number of nitrogens with one attached hydrogen (secondary N) is 2. The van der Waals surface area contributed by atoms with Crippen molar-refractivity contribution in [3.63, 3.8) is 0 Å². The number of hydrogen-bond donors (Lipinski definition) is 2. The lowest BCUT2D eigenvalue weighted by Crippen LogP contribution is -2.68. The average molecular weight is 521 g/mol. The summed E-state index contributed by atoms with van der Waals surface area (Å²) in [7, 11) is 0. The van der Waals surface area contributed by atoms with E-state index in [0.29, 0.717) is 29.6 Å². The molecule has 11 nitrogen and oxygen atoms in total. The number of aryl methyl sites for hydroxylation is 2. The molecule has 3 aliphatic rings. The van der Waals surface area contributed by atoms with Gasteiger partial charge in [0.1, 0.15) is 23.6 Å². The zero-order valence-corrected chi connectivity index (χ0v) is 21.7. The van der Waals surface area contributed by atoms with Crippen LogP contribution >= 0.6 is 0 Å². The molecule has 5 aromatic rings. The number of nitrogens with zero attached hydrogens (tertiary/aromatic N) is 8. The predicted octanol–water partition coefficient (Wildman–Crippen LogP) is 4.14. The van der Waals surface area contributed by atoms with E-state index in [0.717, 1.165) is 53.9 Å². The topological polar surface area (TPSA) is 125 Å². The first kappa shape index (κ1) is 23.5. The van der Waals surface area contributed by atoms with Crippen LogP contribution in [-0.2, 0) is 6.54 Å². The van der Waals surface area contributed by atoms with Gasteiger partial charge in [-0.1, -0.05) is 6.07 Å². The van der Waals surface area contributed by atoms with Crippen LogP contribution in [0.4, 0.5) is 17.5 Å². The number of fused-ring (bicyclic) bond motifs is 2. The molecular formula is C28H28N10O. The second kappa shape index (κ2) is 9.59. The molecule has 0 saturated carbocycles. The van der Waals surface area contributed by atoms with E-state index in [1.165, 1.54) is 12.0 Å². The first-order valence-corrected chi connectivity index (χ1v) is 13.0. The minimum Gasteiger partial charge on any atom is -0.443 e. The summed E-state index contributed by atoms with van der Waals surface area (Å²) in [6.07, 6.45) is 8.21. The molecule has 3 aliphatic heterocycles. The molecule has 2 atom stereocenters. The monoisotopic (exact) mass is 520 g/mol. The summed E-state index contributed by atoms with van der Waals surface area (Å²) >= 11 is 0. The lowest BCUT2D eigenvalue weighted by atomic mass is 9.87. The van der Waals surface area contributed by atoms with Gasteiger partial charge in [-0.25, -0.2) is 19.9 Å². The molecule has 3 saturated heterocycles. The molecule has 0 radical (unpaired) electrons. The Balaban J connectivity index is 0.996. The van der Waals surface area contributed by atoms with Crippen molar-refractivity contribution in [2.24, 2.45) is 0 Å². The lowest BCUT2D eigenvalue weighted by molar-refractivity contribution is -0.00875. The Labute approximate surface area is 225 Å². The van der Waals surface area contributed by atoms with E-state index < -0.39 is 0 Å². The molecule has 2 unspecified atom stereocenters. The van der Waals surface area contributed by atoms with Crippen LogP contribution in [0.5, 0.6) is 0 Å². The molecule has 11 heteroatoms. The highest BCUT2D eigenvalue weighted by Gasteiger charge is 2.44. The number of H-pyrrole nitrogens is 1. The van der Waals surface area contributed by atoms with Gasteiger partial charge in [-0.15, -0.1) is 0 Å². The van der Waals surface area contributed by atoms with Gasteiger partial charge in [0, 0.05) is 73.2 Å². The van der Waals surface area contributed by atoms with Crippen molar-refractivity contribution in [1.82, 2.24) is 40.0 Å². The van der Waals surface area contributed by atoms with Crippen molar-refractivity contribution in [3.8, 4) is 23.0 Å². The van der Waals surface area contributed by atoms with Gasteiger partial charge in [0.25, 0.3) is 0 Å². The number of piperidine rings is 1. The van der Waals surface area contributed by atoms with Crippen molar-refractivity contribution >= 4 is 17.5 Å². The van der Waals surface area contributed by atoms with Gasteiger partial charge in [-0.05, 0) is 44.0 Å². The number of pyridine rings is 2. The largest absolute Gasteiger partial charge is 0.443 e. The van der Waals surface area contributed by atoms with Crippen molar-refractivity contribution in [1.29, 1.82) is 0 Å². The summed E-state index contributed by atoms with van der Waals surface area (Å²) in [5.74, 6) is 3.60. The average Bonchev–Trinajstić information content (AvgIpc) is 3.64. The zero-order valence-electron chi connectivity index (χ0n) is 21.7. The van der Waals surface area contributed by atoms with Gasteiger partial charge < -0.3 is 14.6 Å². The summed E-state index contributed by atoms with van der Waals surface area (Å²) in [5, 5.41) is 10.4. The van der Waals surface area contributed by atoms with E-state index in [1.54, 1.807) is 12.5 Å². The Hall–Kier alpha value is -4.64. The predicted molar refractivity (Wildman–Crippen MR) is 146 cm³/mol. The van der Waals surface area contributed by atoms with Crippen LogP contribution in [0.2, 0.25) is 0 Å². The van der Waals surface area contributed by atoms with Gasteiger partial charge in [0.05, 0.1) is 6.20 Å². The van der Waals surface area contributed by atoms with Gasteiger partial charge in [-0.2, -0.15) is 5.10 Å². The van der Waals surface area contributed by atoms with E-state index in [2.05, 4.69) is 63.4 Å². The Morgan fingerprint density at radius 2 is 1.87 bits per heavy atom. The first-order valence-electron chi connectivity index (χ1n) is 13.0.